The predicted molar refractivity (Wildman–Crippen MR) is 91.4 cm³/mol. The number of hydrogen-bond donors (Lipinski definition) is 2. The van der Waals surface area contributed by atoms with Crippen LogP contribution in [0.5, 0.6) is 11.5 Å². The summed E-state index contributed by atoms with van der Waals surface area (Å²) in [6, 6.07) is 5.57. The summed E-state index contributed by atoms with van der Waals surface area (Å²) in [5, 5.41) is 9.28. The van der Waals surface area contributed by atoms with Gasteiger partial charge in [-0.2, -0.15) is 10.2 Å². The topological polar surface area (TPSA) is 120 Å². The van der Waals surface area contributed by atoms with Gasteiger partial charge in [0.15, 0.2) is 11.5 Å². The highest BCUT2D eigenvalue weighted by atomic mass is 127. The highest BCUT2D eigenvalue weighted by Crippen LogP contribution is 2.38. The van der Waals surface area contributed by atoms with Crippen LogP contribution >= 0.6 is 22.6 Å². The molecule has 1 aromatic heterocycles. The van der Waals surface area contributed by atoms with Crippen molar-refractivity contribution in [2.45, 2.75) is 6.92 Å². The summed E-state index contributed by atoms with van der Waals surface area (Å²) in [6.07, 6.45) is 0. The van der Waals surface area contributed by atoms with Gasteiger partial charge in [0.05, 0.1) is 23.0 Å². The number of nitrogens with two attached hydrogens (primary N) is 2. The van der Waals surface area contributed by atoms with Gasteiger partial charge < -0.3 is 20.9 Å². The van der Waals surface area contributed by atoms with E-state index in [0.29, 0.717) is 29.4 Å². The number of aromatic nitrogens is 2. The molecule has 1 heterocycles. The smallest absolute Gasteiger partial charge is 0.222 e. The van der Waals surface area contributed by atoms with Gasteiger partial charge in [-0.1, -0.05) is 0 Å². The van der Waals surface area contributed by atoms with Gasteiger partial charge in [-0.3, -0.25) is 0 Å². The number of anilines is 2. The van der Waals surface area contributed by atoms with Crippen molar-refractivity contribution in [3.63, 3.8) is 0 Å². The molecule has 0 fully saturated rings. The van der Waals surface area contributed by atoms with E-state index in [4.69, 9.17) is 20.9 Å². The first-order valence-corrected chi connectivity index (χ1v) is 7.43. The van der Waals surface area contributed by atoms with Crippen LogP contribution < -0.4 is 20.9 Å². The zero-order valence-electron chi connectivity index (χ0n) is 12.1. The van der Waals surface area contributed by atoms with Crippen molar-refractivity contribution in [1.82, 2.24) is 9.97 Å². The molecule has 0 saturated carbocycles. The minimum absolute atomic E-state index is 0.00867. The van der Waals surface area contributed by atoms with Gasteiger partial charge in [-0.05, 0) is 41.6 Å². The van der Waals surface area contributed by atoms with Gasteiger partial charge in [0, 0.05) is 5.56 Å². The van der Waals surface area contributed by atoms with E-state index >= 15 is 0 Å². The zero-order valence-corrected chi connectivity index (χ0v) is 14.2. The summed E-state index contributed by atoms with van der Waals surface area (Å²) in [5.41, 5.74) is 12.6. The van der Waals surface area contributed by atoms with E-state index in [1.54, 1.807) is 13.2 Å². The van der Waals surface area contributed by atoms with Crippen molar-refractivity contribution in [3.05, 3.63) is 21.3 Å². The summed E-state index contributed by atoms with van der Waals surface area (Å²) in [4.78, 5) is 7.94. The molecule has 1 aromatic carbocycles. The summed E-state index contributed by atoms with van der Waals surface area (Å²) < 4.78 is 11.8. The van der Waals surface area contributed by atoms with E-state index in [9.17, 15) is 5.26 Å². The van der Waals surface area contributed by atoms with Gasteiger partial charge in [0.25, 0.3) is 0 Å². The molecule has 0 radical (unpaired) electrons. The monoisotopic (exact) mass is 411 g/mol. The van der Waals surface area contributed by atoms with Crippen LogP contribution in [-0.2, 0) is 0 Å². The second-order valence-corrected chi connectivity index (χ2v) is 5.39. The molecule has 0 unspecified atom stereocenters. The molecule has 0 bridgehead atoms. The SMILES string of the molecule is CCOc1c(I)cc(-c2nc(N)nc(N)c2C#N)cc1OC. The van der Waals surface area contributed by atoms with E-state index in [-0.39, 0.29) is 17.3 Å². The first kappa shape index (κ1) is 16.1. The van der Waals surface area contributed by atoms with E-state index in [1.165, 1.54) is 0 Å². The Morgan fingerprint density at radius 3 is 2.64 bits per heavy atom. The number of nitrogen functional groups attached to an aromatic ring is 2. The van der Waals surface area contributed by atoms with E-state index in [0.717, 1.165) is 3.57 Å². The Hall–Kier alpha value is -2.28. The minimum atomic E-state index is 0.00867. The number of rotatable bonds is 4. The van der Waals surface area contributed by atoms with Crippen LogP contribution in [0.15, 0.2) is 12.1 Å². The largest absolute Gasteiger partial charge is 0.493 e. The molecule has 0 spiro atoms. The fraction of sp³-hybridized carbons (Fsp3) is 0.214. The fourth-order valence-corrected chi connectivity index (χ4v) is 2.71. The predicted octanol–water partition coefficient (Wildman–Crippen LogP) is 2.19. The van der Waals surface area contributed by atoms with E-state index < -0.39 is 0 Å². The number of nitriles is 1. The fourth-order valence-electron chi connectivity index (χ4n) is 1.96. The van der Waals surface area contributed by atoms with Crippen molar-refractivity contribution in [3.8, 4) is 28.8 Å². The molecule has 2 rings (SSSR count). The van der Waals surface area contributed by atoms with Gasteiger partial charge in [0.2, 0.25) is 5.95 Å². The van der Waals surface area contributed by atoms with Crippen molar-refractivity contribution in [1.29, 1.82) is 5.26 Å². The van der Waals surface area contributed by atoms with Gasteiger partial charge >= 0.3 is 0 Å². The number of benzene rings is 1. The molecular weight excluding hydrogens is 397 g/mol. The third-order valence-corrected chi connectivity index (χ3v) is 3.66. The second-order valence-electron chi connectivity index (χ2n) is 4.22. The van der Waals surface area contributed by atoms with Gasteiger partial charge in [0.1, 0.15) is 17.5 Å². The van der Waals surface area contributed by atoms with Gasteiger partial charge in [-0.15, -0.1) is 0 Å². The molecule has 0 atom stereocenters. The maximum absolute atomic E-state index is 9.28. The van der Waals surface area contributed by atoms with Crippen LogP contribution in [0.3, 0.4) is 0 Å². The molecule has 4 N–H and O–H groups in total. The van der Waals surface area contributed by atoms with Crippen molar-refractivity contribution in [2.75, 3.05) is 25.2 Å². The van der Waals surface area contributed by atoms with Crippen molar-refractivity contribution < 1.29 is 9.47 Å². The van der Waals surface area contributed by atoms with Crippen LogP contribution in [-0.4, -0.2) is 23.7 Å². The van der Waals surface area contributed by atoms with Crippen LogP contribution in [0.2, 0.25) is 0 Å². The van der Waals surface area contributed by atoms with E-state index in [1.807, 2.05) is 19.1 Å². The third-order valence-electron chi connectivity index (χ3n) is 2.86. The molecular formula is C14H14IN5O2. The number of ether oxygens (including phenoxy) is 2. The Labute approximate surface area is 141 Å². The molecule has 114 valence electrons. The third kappa shape index (κ3) is 2.99. The Bertz CT molecular complexity index is 758. The molecule has 8 heteroatoms. The summed E-state index contributed by atoms with van der Waals surface area (Å²) in [5.74, 6) is 1.24. The lowest BCUT2D eigenvalue weighted by Gasteiger charge is -2.14. The van der Waals surface area contributed by atoms with E-state index in [2.05, 4.69) is 32.6 Å². The van der Waals surface area contributed by atoms with Crippen LogP contribution in [0.4, 0.5) is 11.8 Å². The summed E-state index contributed by atoms with van der Waals surface area (Å²) in [7, 11) is 1.55. The highest BCUT2D eigenvalue weighted by Gasteiger charge is 2.18. The molecule has 7 nitrogen and oxygen atoms in total. The molecule has 0 saturated heterocycles. The minimum Gasteiger partial charge on any atom is -0.493 e. The molecule has 22 heavy (non-hydrogen) atoms. The number of halogens is 1. The molecule has 0 aliphatic rings. The first-order chi connectivity index (χ1) is 10.5. The molecule has 0 aliphatic heterocycles. The van der Waals surface area contributed by atoms with Crippen molar-refractivity contribution >= 4 is 34.4 Å². The maximum Gasteiger partial charge on any atom is 0.222 e. The number of nitrogens with zero attached hydrogens (tertiary/aromatic N) is 3. The van der Waals surface area contributed by atoms with Crippen LogP contribution in [0.25, 0.3) is 11.3 Å². The average Bonchev–Trinajstić information content (AvgIpc) is 2.48. The lowest BCUT2D eigenvalue weighted by molar-refractivity contribution is 0.309. The maximum atomic E-state index is 9.28. The second kappa shape index (κ2) is 6.65. The standard InChI is InChI=1S/C14H14IN5O2/c1-3-22-12-9(15)4-7(5-10(12)21-2)11-8(6-16)13(17)20-14(18)19-11/h4-5H,3H2,1-2H3,(H4,17,18,19,20). The molecule has 2 aromatic rings. The van der Waals surface area contributed by atoms with Gasteiger partial charge in [-0.25, -0.2) is 4.98 Å². The lowest BCUT2D eigenvalue weighted by atomic mass is 10.1. The Morgan fingerprint density at radius 2 is 2.05 bits per heavy atom. The average molecular weight is 411 g/mol. The highest BCUT2D eigenvalue weighted by molar-refractivity contribution is 14.1. The van der Waals surface area contributed by atoms with Crippen LogP contribution in [0.1, 0.15) is 12.5 Å². The lowest BCUT2D eigenvalue weighted by Crippen LogP contribution is -2.05. The number of hydrogen-bond acceptors (Lipinski definition) is 7. The summed E-state index contributed by atoms with van der Waals surface area (Å²) >= 11 is 2.13. The summed E-state index contributed by atoms with van der Waals surface area (Å²) in [6.45, 7) is 2.41. The normalized spacial score (nSPS) is 10.1. The Kier molecular flexibility index (Phi) is 4.87. The molecule has 0 amide bonds. The first-order valence-electron chi connectivity index (χ1n) is 6.35. The Morgan fingerprint density at radius 1 is 1.32 bits per heavy atom. The molecule has 0 aliphatic carbocycles. The quantitative estimate of drug-likeness (QED) is 0.740. The van der Waals surface area contributed by atoms with Crippen LogP contribution in [0, 0.1) is 14.9 Å². The number of methoxy groups -OCH3 is 1. The Balaban J connectivity index is 2.69. The zero-order chi connectivity index (χ0) is 16.3. The van der Waals surface area contributed by atoms with Crippen molar-refractivity contribution in [2.24, 2.45) is 0 Å².